The molecule has 3 rings (SSSR count). The summed E-state index contributed by atoms with van der Waals surface area (Å²) < 4.78 is 1.60. The molecule has 0 radical (unpaired) electrons. The summed E-state index contributed by atoms with van der Waals surface area (Å²) in [4.78, 5) is 13.2. The second-order valence-electron chi connectivity index (χ2n) is 6.75. The van der Waals surface area contributed by atoms with E-state index in [0.29, 0.717) is 26.9 Å². The maximum absolute atomic E-state index is 13.2. The van der Waals surface area contributed by atoms with Gasteiger partial charge in [0.1, 0.15) is 0 Å². The SMILES string of the molecule is CC1(C)C(C(=O)c2ccc(Cl)cc2)=CC(c2ccc(Cl)cc2)=[N+]1C(=C=[N-])C#N. The molecule has 1 aliphatic rings. The van der Waals surface area contributed by atoms with Crippen LogP contribution in [0.1, 0.15) is 29.8 Å². The van der Waals surface area contributed by atoms with Gasteiger partial charge in [0.05, 0.1) is 5.57 Å². The van der Waals surface area contributed by atoms with Crippen LogP contribution in [0.4, 0.5) is 0 Å². The lowest BCUT2D eigenvalue weighted by atomic mass is 9.88. The van der Waals surface area contributed by atoms with Crippen molar-refractivity contribution in [2.24, 2.45) is 0 Å². The maximum atomic E-state index is 13.2. The van der Waals surface area contributed by atoms with Gasteiger partial charge >= 0.3 is 5.70 Å². The smallest absolute Gasteiger partial charge is 0.305 e. The van der Waals surface area contributed by atoms with E-state index in [1.807, 2.05) is 25.8 Å². The van der Waals surface area contributed by atoms with Crippen molar-refractivity contribution < 1.29 is 9.37 Å². The highest BCUT2D eigenvalue weighted by atomic mass is 35.5. The maximum Gasteiger partial charge on any atom is 0.305 e. The average Bonchev–Trinajstić information content (AvgIpc) is 2.95. The number of carbonyl (C=O) groups is 1. The predicted molar refractivity (Wildman–Crippen MR) is 111 cm³/mol. The zero-order chi connectivity index (χ0) is 20.5. The van der Waals surface area contributed by atoms with E-state index in [9.17, 15) is 15.5 Å². The number of ketones is 1. The number of benzene rings is 2. The summed E-state index contributed by atoms with van der Waals surface area (Å²) >= 11 is 11.9. The Hall–Kier alpha value is -2.96. The quantitative estimate of drug-likeness (QED) is 0.308. The largest absolute Gasteiger partial charge is 0.757 e. The molecule has 0 N–H and O–H groups in total. The minimum Gasteiger partial charge on any atom is -0.757 e. The topological polar surface area (TPSA) is 66.2 Å². The Kier molecular flexibility index (Phi) is 5.36. The van der Waals surface area contributed by atoms with Crippen LogP contribution in [0.2, 0.25) is 10.0 Å². The number of allylic oxidation sites excluding steroid dienone is 2. The Morgan fingerprint density at radius 1 is 1.04 bits per heavy atom. The molecule has 6 heteroatoms. The first kappa shape index (κ1) is 19.8. The number of nitriles is 1. The van der Waals surface area contributed by atoms with Crippen LogP contribution in [0.5, 0.6) is 0 Å². The molecule has 1 aliphatic heterocycles. The van der Waals surface area contributed by atoms with Crippen LogP contribution in [0.25, 0.3) is 5.41 Å². The molecule has 0 saturated carbocycles. The first-order chi connectivity index (χ1) is 13.3. The second kappa shape index (κ2) is 7.58. The molecule has 0 aromatic heterocycles. The average molecular weight is 408 g/mol. The Labute approximate surface area is 173 Å². The van der Waals surface area contributed by atoms with E-state index in [-0.39, 0.29) is 11.5 Å². The zero-order valence-corrected chi connectivity index (χ0v) is 16.7. The summed E-state index contributed by atoms with van der Waals surface area (Å²) in [6.07, 6.45) is 1.73. The van der Waals surface area contributed by atoms with Crippen LogP contribution in [-0.4, -0.2) is 27.5 Å². The summed E-state index contributed by atoms with van der Waals surface area (Å²) in [5.41, 5.74) is 1.31. The molecule has 0 fully saturated rings. The van der Waals surface area contributed by atoms with Gasteiger partial charge in [0.25, 0.3) is 0 Å². The third-order valence-corrected chi connectivity index (χ3v) is 5.17. The van der Waals surface area contributed by atoms with Gasteiger partial charge in [-0.1, -0.05) is 23.2 Å². The molecule has 0 saturated heterocycles. The van der Waals surface area contributed by atoms with Crippen molar-refractivity contribution in [3.05, 3.63) is 92.5 Å². The molecule has 0 bridgehead atoms. The van der Waals surface area contributed by atoms with Crippen LogP contribution >= 0.6 is 23.2 Å². The molecule has 0 spiro atoms. The van der Waals surface area contributed by atoms with E-state index in [1.54, 1.807) is 59.2 Å². The number of carbonyl (C=O) groups excluding carboxylic acids is 1. The number of Topliss-reactive ketones (excluding diaryl/α,β-unsaturated/α-hetero) is 1. The standard InChI is InChI=1S/C22H15Cl2N3O/c1-22(2)19(21(28)15-5-9-17(24)10-6-15)11-20(27(22)18(12-25)13-26)14-3-7-16(23)8-4-14/h3-11H,1-2H3. The van der Waals surface area contributed by atoms with Crippen LogP contribution in [-0.2, 0) is 0 Å². The van der Waals surface area contributed by atoms with Crippen molar-refractivity contribution >= 4 is 40.6 Å². The number of hydrogen-bond acceptors (Lipinski definition) is 2. The zero-order valence-electron chi connectivity index (χ0n) is 15.2. The molecular formula is C22H15Cl2N3O. The van der Waals surface area contributed by atoms with E-state index < -0.39 is 5.54 Å². The van der Waals surface area contributed by atoms with Crippen molar-refractivity contribution in [2.45, 2.75) is 19.4 Å². The number of rotatable bonds is 4. The normalized spacial score (nSPS) is 14.9. The van der Waals surface area contributed by atoms with Crippen LogP contribution in [0, 0.1) is 11.3 Å². The molecule has 0 atom stereocenters. The van der Waals surface area contributed by atoms with Crippen molar-refractivity contribution in [3.8, 4) is 6.07 Å². The molecule has 1 heterocycles. The summed E-state index contributed by atoms with van der Waals surface area (Å²) in [7, 11) is 0. The second-order valence-corrected chi connectivity index (χ2v) is 7.63. The number of hydrogen-bond donors (Lipinski definition) is 0. The molecule has 2 aromatic carbocycles. The van der Waals surface area contributed by atoms with Crippen LogP contribution in [0.15, 0.2) is 65.9 Å². The number of nitrogens with zero attached hydrogens (tertiary/aromatic N) is 3. The molecule has 138 valence electrons. The van der Waals surface area contributed by atoms with Gasteiger partial charge in [-0.3, -0.25) is 4.79 Å². The summed E-state index contributed by atoms with van der Waals surface area (Å²) in [5, 5.41) is 20.1. The Bertz CT molecular complexity index is 1110. The predicted octanol–water partition coefficient (Wildman–Crippen LogP) is 5.04. The molecule has 4 nitrogen and oxygen atoms in total. The van der Waals surface area contributed by atoms with E-state index in [1.165, 1.54) is 0 Å². The van der Waals surface area contributed by atoms with Crippen molar-refractivity contribution in [2.75, 3.05) is 0 Å². The lowest BCUT2D eigenvalue weighted by Gasteiger charge is -2.20. The highest BCUT2D eigenvalue weighted by molar-refractivity contribution is 6.31. The molecule has 2 aromatic rings. The lowest BCUT2D eigenvalue weighted by Crippen LogP contribution is -2.39. The Morgan fingerprint density at radius 3 is 2.07 bits per heavy atom. The molecule has 28 heavy (non-hydrogen) atoms. The van der Waals surface area contributed by atoms with Crippen molar-refractivity contribution in [1.29, 1.82) is 5.26 Å². The Balaban J connectivity index is 2.20. The molecule has 0 aliphatic carbocycles. The minimum atomic E-state index is -0.896. The van der Waals surface area contributed by atoms with E-state index in [0.717, 1.165) is 5.56 Å². The van der Waals surface area contributed by atoms with E-state index in [2.05, 4.69) is 0 Å². The Morgan fingerprint density at radius 2 is 1.57 bits per heavy atom. The molecule has 0 amide bonds. The van der Waals surface area contributed by atoms with Gasteiger partial charge in [-0.15, -0.1) is 0 Å². The molecular weight excluding hydrogens is 393 g/mol. The van der Waals surface area contributed by atoms with Gasteiger partial charge in [0, 0.05) is 41.1 Å². The van der Waals surface area contributed by atoms with Gasteiger partial charge in [-0.05, 0) is 48.5 Å². The van der Waals surface area contributed by atoms with Gasteiger partial charge < -0.3 is 5.41 Å². The monoisotopic (exact) mass is 407 g/mol. The molecule has 0 unspecified atom stereocenters. The third kappa shape index (κ3) is 3.44. The van der Waals surface area contributed by atoms with Gasteiger partial charge in [0.15, 0.2) is 17.4 Å². The number of halogens is 2. The fourth-order valence-electron chi connectivity index (χ4n) is 3.26. The van der Waals surface area contributed by atoms with Crippen molar-refractivity contribution in [1.82, 2.24) is 0 Å². The summed E-state index contributed by atoms with van der Waals surface area (Å²) in [6, 6.07) is 15.6. The first-order valence-electron chi connectivity index (χ1n) is 8.42. The van der Waals surface area contributed by atoms with Gasteiger partial charge in [0.2, 0.25) is 5.71 Å². The lowest BCUT2D eigenvalue weighted by molar-refractivity contribution is -0.530. The highest BCUT2D eigenvalue weighted by Crippen LogP contribution is 2.33. The van der Waals surface area contributed by atoms with Gasteiger partial charge in [-0.2, -0.15) is 15.7 Å². The summed E-state index contributed by atoms with van der Waals surface area (Å²) in [5.74, 6) is 1.75. The minimum absolute atomic E-state index is 0.0925. The van der Waals surface area contributed by atoms with Crippen LogP contribution in [0.3, 0.4) is 0 Å². The van der Waals surface area contributed by atoms with E-state index >= 15 is 0 Å². The van der Waals surface area contributed by atoms with E-state index in [4.69, 9.17) is 23.2 Å². The first-order valence-corrected chi connectivity index (χ1v) is 9.18. The fraction of sp³-hybridized carbons (Fsp3) is 0.136. The summed E-state index contributed by atoms with van der Waals surface area (Å²) in [6.45, 7) is 3.62. The van der Waals surface area contributed by atoms with Crippen molar-refractivity contribution in [3.63, 3.8) is 0 Å². The van der Waals surface area contributed by atoms with Crippen LogP contribution < -0.4 is 0 Å². The highest BCUT2D eigenvalue weighted by Gasteiger charge is 2.48. The third-order valence-electron chi connectivity index (χ3n) is 4.67. The fourth-order valence-corrected chi connectivity index (χ4v) is 3.51. The van der Waals surface area contributed by atoms with Gasteiger partial charge in [-0.25, -0.2) is 0 Å².